The summed E-state index contributed by atoms with van der Waals surface area (Å²) in [5.74, 6) is 0. The first-order valence-corrected chi connectivity index (χ1v) is 42.1. The van der Waals surface area contributed by atoms with Crippen LogP contribution in [-0.2, 0) is 0 Å². The quantitative estimate of drug-likeness (QED) is 0.0965. The highest BCUT2D eigenvalue weighted by molar-refractivity contribution is 6.14. The average Bonchev–Trinajstić information content (AvgIpc) is 1.65. The summed E-state index contributed by atoms with van der Waals surface area (Å²) in [4.78, 5) is 9.78. The van der Waals surface area contributed by atoms with E-state index in [1.807, 2.05) is 0 Å². The SMILES string of the molecule is Cc1cc(C)c(N(c2ccccc2)c2ccc(-n3c4ccccc4c4ccccc43)cc2)c(C)c1N(c1ccccc1)c1ccc(-n2c3ccccc3c3ccccc32)cc1.Cc1cc(C)c(N(c2ccccc2)c2ccc3c(c2)c2ccccc2n3-c2ccccc2)c(C)c1N(c1ccccc1)c1ccc2c(c1)c1ccccc1n2-c1ccccc1. The zero-order chi connectivity index (χ0) is 82.1. The largest absolute Gasteiger partial charge is 0.310 e. The molecule has 0 radical (unpaired) electrons. The molecule has 584 valence electrons. The molecule has 0 fully saturated rings. The molecular formula is C114H88N8. The van der Waals surface area contributed by atoms with Crippen LogP contribution >= 0.6 is 0 Å². The van der Waals surface area contributed by atoms with Crippen molar-refractivity contribution in [1.29, 1.82) is 0 Å². The van der Waals surface area contributed by atoms with E-state index in [1.54, 1.807) is 0 Å². The van der Waals surface area contributed by atoms with Crippen molar-refractivity contribution in [3.8, 4) is 22.7 Å². The van der Waals surface area contributed by atoms with Gasteiger partial charge in [0, 0.05) is 111 Å². The molecule has 0 unspecified atom stereocenters. The Hall–Kier alpha value is -15.6. The van der Waals surface area contributed by atoms with Crippen molar-refractivity contribution in [2.75, 3.05) is 19.6 Å². The van der Waals surface area contributed by atoms with E-state index in [0.29, 0.717) is 0 Å². The summed E-state index contributed by atoms with van der Waals surface area (Å²) < 4.78 is 9.53. The number of nitrogens with zero attached hydrogens (tertiary/aromatic N) is 8. The zero-order valence-electron chi connectivity index (χ0n) is 69.0. The number of fused-ring (bicyclic) bond motifs is 12. The van der Waals surface area contributed by atoms with Gasteiger partial charge in [-0.15, -0.1) is 0 Å². The molecule has 122 heavy (non-hydrogen) atoms. The van der Waals surface area contributed by atoms with Gasteiger partial charge in [0.25, 0.3) is 0 Å². The van der Waals surface area contributed by atoms with Crippen molar-refractivity contribution in [3.63, 3.8) is 0 Å². The van der Waals surface area contributed by atoms with Gasteiger partial charge in [0.2, 0.25) is 0 Å². The first-order valence-electron chi connectivity index (χ1n) is 42.1. The van der Waals surface area contributed by atoms with Gasteiger partial charge in [-0.2, -0.15) is 0 Å². The van der Waals surface area contributed by atoms with Gasteiger partial charge in [0.1, 0.15) is 0 Å². The fourth-order valence-electron chi connectivity index (χ4n) is 19.5. The maximum absolute atomic E-state index is 2.46. The summed E-state index contributed by atoms with van der Waals surface area (Å²) in [6.07, 6.45) is 0. The van der Waals surface area contributed by atoms with Gasteiger partial charge < -0.3 is 37.9 Å². The number of rotatable bonds is 16. The molecule has 0 aliphatic heterocycles. The maximum atomic E-state index is 2.46. The minimum absolute atomic E-state index is 1.10. The van der Waals surface area contributed by atoms with Crippen LogP contribution in [0.1, 0.15) is 33.4 Å². The highest BCUT2D eigenvalue weighted by Gasteiger charge is 2.30. The maximum Gasteiger partial charge on any atom is 0.0542 e. The van der Waals surface area contributed by atoms with Gasteiger partial charge in [-0.25, -0.2) is 0 Å². The standard InChI is InChI=1S/2C57H44N4/c1-39-36-40(2)57(59(43-22-10-5-11-23-43)47-33-35-55-51(38-47)49-29-17-19-31-53(49)61(55)45-26-14-7-15-27-45)41(3)56(39)58(42-20-8-4-9-21-42)46-32-34-54-50(37-46)48-28-16-18-30-52(48)60(54)44-24-12-6-13-25-44;1-39-38-40(2)57(59(43-20-8-5-9-21-43)45-32-36-47(37-33-45)61-54-28-16-12-24-50(54)51-25-13-17-29-55(51)61)41(3)56(39)58(42-18-6-4-7-19-42)44-30-34-46(35-31-44)60-52-26-14-10-22-48(52)49-23-11-15-27-53(49)60/h2*4-38H,1-3H3. The van der Waals surface area contributed by atoms with E-state index in [0.717, 1.165) is 68.2 Å². The van der Waals surface area contributed by atoms with Crippen LogP contribution in [0.5, 0.6) is 0 Å². The van der Waals surface area contributed by atoms with Gasteiger partial charge in [-0.05, 0) is 269 Å². The van der Waals surface area contributed by atoms with Crippen LogP contribution in [0.15, 0.2) is 425 Å². The Morgan fingerprint density at radius 3 is 0.582 bits per heavy atom. The molecule has 0 spiro atoms. The Balaban J connectivity index is 0.000000150. The summed E-state index contributed by atoms with van der Waals surface area (Å²) in [5.41, 5.74) is 34.9. The van der Waals surface area contributed by atoms with Crippen molar-refractivity contribution in [2.45, 2.75) is 41.5 Å². The van der Waals surface area contributed by atoms with Crippen LogP contribution in [0.4, 0.5) is 68.2 Å². The molecule has 0 saturated carbocycles. The zero-order valence-corrected chi connectivity index (χ0v) is 69.0. The Morgan fingerprint density at radius 1 is 0.148 bits per heavy atom. The van der Waals surface area contributed by atoms with Gasteiger partial charge in [-0.1, -0.05) is 231 Å². The molecule has 4 heterocycles. The average molecular weight is 1570 g/mol. The lowest BCUT2D eigenvalue weighted by molar-refractivity contribution is 1.15. The lowest BCUT2D eigenvalue weighted by Gasteiger charge is -2.34. The van der Waals surface area contributed by atoms with Gasteiger partial charge in [0.15, 0.2) is 0 Å². The van der Waals surface area contributed by atoms with E-state index in [9.17, 15) is 0 Å². The molecule has 4 aromatic heterocycles. The van der Waals surface area contributed by atoms with Gasteiger partial charge >= 0.3 is 0 Å². The van der Waals surface area contributed by atoms with E-state index in [1.165, 1.54) is 143 Å². The molecule has 0 amide bonds. The molecule has 0 bridgehead atoms. The molecule has 0 aliphatic rings. The van der Waals surface area contributed by atoms with Crippen molar-refractivity contribution in [1.82, 2.24) is 18.3 Å². The molecule has 22 rings (SSSR count). The summed E-state index contributed by atoms with van der Waals surface area (Å²) in [6.45, 7) is 13.6. The molecule has 22 aromatic rings. The highest BCUT2D eigenvalue weighted by atomic mass is 15.2. The number of aromatic nitrogens is 4. The predicted octanol–water partition coefficient (Wildman–Crippen LogP) is 31.5. The van der Waals surface area contributed by atoms with Crippen LogP contribution in [0, 0.1) is 41.5 Å². The summed E-state index contributed by atoms with van der Waals surface area (Å²) >= 11 is 0. The number of anilines is 12. The van der Waals surface area contributed by atoms with Crippen LogP contribution in [0.2, 0.25) is 0 Å². The predicted molar refractivity (Wildman–Crippen MR) is 517 cm³/mol. The summed E-state index contributed by atoms with van der Waals surface area (Å²) in [7, 11) is 0. The van der Waals surface area contributed by atoms with Crippen molar-refractivity contribution in [3.05, 3.63) is 458 Å². The van der Waals surface area contributed by atoms with E-state index in [-0.39, 0.29) is 0 Å². The minimum Gasteiger partial charge on any atom is -0.310 e. The molecule has 0 saturated heterocycles. The van der Waals surface area contributed by atoms with Crippen molar-refractivity contribution in [2.24, 2.45) is 0 Å². The minimum atomic E-state index is 1.10. The van der Waals surface area contributed by atoms with Crippen molar-refractivity contribution >= 4 is 155 Å². The van der Waals surface area contributed by atoms with Crippen LogP contribution in [-0.4, -0.2) is 18.3 Å². The Kier molecular flexibility index (Phi) is 18.8. The second-order valence-electron chi connectivity index (χ2n) is 31.9. The number of aryl methyl sites for hydroxylation is 4. The van der Waals surface area contributed by atoms with E-state index in [4.69, 9.17) is 0 Å². The molecule has 0 aliphatic carbocycles. The van der Waals surface area contributed by atoms with Crippen LogP contribution < -0.4 is 19.6 Å². The van der Waals surface area contributed by atoms with E-state index >= 15 is 0 Å². The molecule has 0 N–H and O–H groups in total. The van der Waals surface area contributed by atoms with E-state index in [2.05, 4.69) is 504 Å². The lowest BCUT2D eigenvalue weighted by Crippen LogP contribution is -2.18. The first-order chi connectivity index (χ1) is 60.1. The number of benzene rings is 18. The molecule has 8 heteroatoms. The highest BCUT2D eigenvalue weighted by Crippen LogP contribution is 2.52. The van der Waals surface area contributed by atoms with Crippen LogP contribution in [0.25, 0.3) is 110 Å². The molecule has 18 aromatic carbocycles. The Bertz CT molecular complexity index is 7120. The third-order valence-corrected chi connectivity index (χ3v) is 24.5. The summed E-state index contributed by atoms with van der Waals surface area (Å²) in [5, 5.41) is 9.93. The van der Waals surface area contributed by atoms with Crippen molar-refractivity contribution < 1.29 is 0 Å². The number of para-hydroxylation sites is 12. The second kappa shape index (κ2) is 31.0. The van der Waals surface area contributed by atoms with Crippen LogP contribution in [0.3, 0.4) is 0 Å². The molecule has 8 nitrogen and oxygen atoms in total. The fourth-order valence-corrected chi connectivity index (χ4v) is 19.5. The monoisotopic (exact) mass is 1570 g/mol. The normalized spacial score (nSPS) is 11.5. The van der Waals surface area contributed by atoms with E-state index < -0.39 is 0 Å². The number of hydrogen-bond acceptors (Lipinski definition) is 4. The fraction of sp³-hybridized carbons (Fsp3) is 0.0526. The van der Waals surface area contributed by atoms with Gasteiger partial charge in [-0.3, -0.25) is 0 Å². The second-order valence-corrected chi connectivity index (χ2v) is 31.9. The Morgan fingerprint density at radius 2 is 0.328 bits per heavy atom. The number of hydrogen-bond donors (Lipinski definition) is 0. The molecular weight excluding hydrogens is 1480 g/mol. The lowest BCUT2D eigenvalue weighted by atomic mass is 9.97. The third kappa shape index (κ3) is 12.7. The molecule has 0 atom stereocenters. The first kappa shape index (κ1) is 73.9. The smallest absolute Gasteiger partial charge is 0.0542 e. The Labute approximate surface area is 711 Å². The topological polar surface area (TPSA) is 32.7 Å². The third-order valence-electron chi connectivity index (χ3n) is 24.5. The summed E-state index contributed by atoms with van der Waals surface area (Å²) in [6, 6.07) is 154. The van der Waals surface area contributed by atoms with Gasteiger partial charge in [0.05, 0.1) is 66.9 Å².